The number of anilines is 1. The molecule has 0 atom stereocenters. The molecule has 3 aromatic rings. The Hall–Kier alpha value is -2.39. The highest BCUT2D eigenvalue weighted by molar-refractivity contribution is 9.10. The zero-order valence-electron chi connectivity index (χ0n) is 13.4. The van der Waals surface area contributed by atoms with Gasteiger partial charge in [0.1, 0.15) is 16.7 Å². The van der Waals surface area contributed by atoms with Gasteiger partial charge in [-0.15, -0.1) is 0 Å². The zero-order valence-corrected chi connectivity index (χ0v) is 14.9. The maximum atomic E-state index is 9.62. The summed E-state index contributed by atoms with van der Waals surface area (Å²) in [5.74, 6) is 0.712. The van der Waals surface area contributed by atoms with Crippen molar-refractivity contribution in [1.82, 2.24) is 25.1 Å². The smallest absolute Gasteiger partial charge is 0.161 e. The minimum atomic E-state index is -0.0907. The maximum Gasteiger partial charge on any atom is 0.161 e. The number of aromatic nitrogens is 4. The predicted octanol–water partition coefficient (Wildman–Crippen LogP) is 1.85. The van der Waals surface area contributed by atoms with Gasteiger partial charge in [0.15, 0.2) is 17.1 Å². The van der Waals surface area contributed by atoms with Gasteiger partial charge < -0.3 is 15.1 Å². The molecule has 2 aromatic heterocycles. The fourth-order valence-electron chi connectivity index (χ4n) is 3.09. The number of benzene rings is 1. The maximum absolute atomic E-state index is 9.62. The first kappa shape index (κ1) is 16.1. The van der Waals surface area contributed by atoms with Crippen LogP contribution in [0.3, 0.4) is 0 Å². The number of nitrogens with one attached hydrogen (secondary N) is 1. The molecule has 0 amide bonds. The van der Waals surface area contributed by atoms with Crippen LogP contribution in [0.4, 0.5) is 5.82 Å². The summed E-state index contributed by atoms with van der Waals surface area (Å²) in [6.07, 6.45) is 1.55. The summed E-state index contributed by atoms with van der Waals surface area (Å²) in [5, 5.41) is 27.0. The Morgan fingerprint density at radius 2 is 1.88 bits per heavy atom. The number of nitrogens with zero attached hydrogens (tertiary/aromatic N) is 5. The van der Waals surface area contributed by atoms with E-state index in [1.54, 1.807) is 12.4 Å². The molecule has 8 nitrogen and oxygen atoms in total. The van der Waals surface area contributed by atoms with Crippen LogP contribution >= 0.6 is 15.9 Å². The highest BCUT2D eigenvalue weighted by Gasteiger charge is 2.22. The van der Waals surface area contributed by atoms with Crippen LogP contribution in [0.25, 0.3) is 11.0 Å². The van der Waals surface area contributed by atoms with Crippen LogP contribution in [0.2, 0.25) is 0 Å². The molecule has 0 radical (unpaired) electrons. The molecule has 1 aliphatic rings. The first-order valence-electron chi connectivity index (χ1n) is 7.94. The molecule has 3 heterocycles. The molecule has 1 fully saturated rings. The van der Waals surface area contributed by atoms with E-state index < -0.39 is 0 Å². The molecule has 3 N–H and O–H groups in total. The normalized spacial score (nSPS) is 15.8. The Morgan fingerprint density at radius 3 is 2.64 bits per heavy atom. The van der Waals surface area contributed by atoms with Crippen molar-refractivity contribution < 1.29 is 10.2 Å². The Labute approximate surface area is 152 Å². The SMILES string of the molecule is Oc1ccc(CN2CCN(c3ncnc4[nH]nc(Br)c34)CC2)cc1O. The molecule has 1 aromatic carbocycles. The van der Waals surface area contributed by atoms with Crippen molar-refractivity contribution >= 4 is 32.8 Å². The zero-order chi connectivity index (χ0) is 17.4. The highest BCUT2D eigenvalue weighted by atomic mass is 79.9. The number of phenols is 2. The van der Waals surface area contributed by atoms with Gasteiger partial charge in [0, 0.05) is 32.7 Å². The summed E-state index contributed by atoms with van der Waals surface area (Å²) in [6, 6.07) is 4.96. The molecule has 9 heteroatoms. The third kappa shape index (κ3) is 3.12. The van der Waals surface area contributed by atoms with Gasteiger partial charge in [0.25, 0.3) is 0 Å². The van der Waals surface area contributed by atoms with E-state index in [0.717, 1.165) is 59.7 Å². The Kier molecular flexibility index (Phi) is 4.18. The lowest BCUT2D eigenvalue weighted by atomic mass is 10.1. The lowest BCUT2D eigenvalue weighted by molar-refractivity contribution is 0.249. The molecular weight excluding hydrogens is 388 g/mol. The van der Waals surface area contributed by atoms with Crippen molar-refractivity contribution in [3.05, 3.63) is 34.7 Å². The second-order valence-electron chi connectivity index (χ2n) is 6.02. The fraction of sp³-hybridized carbons (Fsp3) is 0.312. The molecule has 4 rings (SSSR count). The first-order chi connectivity index (χ1) is 12.1. The van der Waals surface area contributed by atoms with Gasteiger partial charge >= 0.3 is 0 Å². The number of H-pyrrole nitrogens is 1. The van der Waals surface area contributed by atoms with Crippen LogP contribution in [-0.4, -0.2) is 61.5 Å². The number of aromatic amines is 1. The van der Waals surface area contributed by atoms with Gasteiger partial charge in [0.2, 0.25) is 0 Å². The third-order valence-corrected chi connectivity index (χ3v) is 4.99. The summed E-state index contributed by atoms with van der Waals surface area (Å²) < 4.78 is 0.722. The number of piperazine rings is 1. The van der Waals surface area contributed by atoms with Crippen LogP contribution in [-0.2, 0) is 6.54 Å². The quantitative estimate of drug-likeness (QED) is 0.572. The van der Waals surface area contributed by atoms with E-state index in [-0.39, 0.29) is 11.5 Å². The number of hydrogen-bond acceptors (Lipinski definition) is 7. The molecule has 25 heavy (non-hydrogen) atoms. The van der Waals surface area contributed by atoms with Crippen molar-refractivity contribution in [2.24, 2.45) is 0 Å². The summed E-state index contributed by atoms with van der Waals surface area (Å²) in [5.41, 5.74) is 1.70. The van der Waals surface area contributed by atoms with Crippen molar-refractivity contribution in [2.45, 2.75) is 6.54 Å². The number of halogens is 1. The van der Waals surface area contributed by atoms with Crippen molar-refractivity contribution in [1.29, 1.82) is 0 Å². The van der Waals surface area contributed by atoms with Gasteiger partial charge in [-0.05, 0) is 33.6 Å². The monoisotopic (exact) mass is 404 g/mol. The van der Waals surface area contributed by atoms with E-state index in [0.29, 0.717) is 0 Å². The molecular formula is C16H17BrN6O2. The molecule has 1 saturated heterocycles. The van der Waals surface area contributed by atoms with Gasteiger partial charge in [-0.25, -0.2) is 9.97 Å². The largest absolute Gasteiger partial charge is 0.504 e. The average Bonchev–Trinajstić information content (AvgIpc) is 3.00. The molecule has 0 saturated carbocycles. The molecule has 130 valence electrons. The number of phenolic OH excluding ortho intramolecular Hbond substituents is 2. The number of aromatic hydroxyl groups is 2. The molecule has 0 spiro atoms. The van der Waals surface area contributed by atoms with Crippen molar-refractivity contribution in [3.8, 4) is 11.5 Å². The summed E-state index contributed by atoms with van der Waals surface area (Å²) in [6.45, 7) is 4.17. The molecule has 1 aliphatic heterocycles. The van der Waals surface area contributed by atoms with E-state index in [1.165, 1.54) is 6.07 Å². The van der Waals surface area contributed by atoms with Crippen LogP contribution in [0, 0.1) is 0 Å². The minimum absolute atomic E-state index is 0.0793. The van der Waals surface area contributed by atoms with E-state index in [1.807, 2.05) is 6.07 Å². The van der Waals surface area contributed by atoms with E-state index in [4.69, 9.17) is 0 Å². The van der Waals surface area contributed by atoms with Crippen LogP contribution in [0.15, 0.2) is 29.1 Å². The topological polar surface area (TPSA) is 101 Å². The summed E-state index contributed by atoms with van der Waals surface area (Å²) in [7, 11) is 0. The Morgan fingerprint density at radius 1 is 1.08 bits per heavy atom. The van der Waals surface area contributed by atoms with Crippen LogP contribution in [0.5, 0.6) is 11.5 Å². The van der Waals surface area contributed by atoms with Gasteiger partial charge in [-0.2, -0.15) is 5.10 Å². The summed E-state index contributed by atoms with van der Waals surface area (Å²) in [4.78, 5) is 13.2. The van der Waals surface area contributed by atoms with Gasteiger partial charge in [0.05, 0.1) is 5.39 Å². The third-order valence-electron chi connectivity index (χ3n) is 4.41. The lowest BCUT2D eigenvalue weighted by Crippen LogP contribution is -2.46. The van der Waals surface area contributed by atoms with Crippen LogP contribution < -0.4 is 4.90 Å². The van der Waals surface area contributed by atoms with Gasteiger partial charge in [-0.1, -0.05) is 6.07 Å². The number of rotatable bonds is 3. The van der Waals surface area contributed by atoms with E-state index >= 15 is 0 Å². The standard InChI is InChI=1S/C16H17BrN6O2/c17-14-13-15(21-20-14)18-9-19-16(13)23-5-3-22(4-6-23)8-10-1-2-11(24)12(25)7-10/h1-2,7,9,24-25H,3-6,8H2,(H,18,19,20,21). The summed E-state index contributed by atoms with van der Waals surface area (Å²) >= 11 is 3.45. The molecule has 0 aliphatic carbocycles. The Bertz CT molecular complexity index is 907. The average molecular weight is 405 g/mol. The Balaban J connectivity index is 1.46. The highest BCUT2D eigenvalue weighted by Crippen LogP contribution is 2.29. The predicted molar refractivity (Wildman–Crippen MR) is 96.6 cm³/mol. The van der Waals surface area contributed by atoms with Crippen molar-refractivity contribution in [2.75, 3.05) is 31.1 Å². The lowest BCUT2D eigenvalue weighted by Gasteiger charge is -2.35. The molecule has 0 unspecified atom stereocenters. The van der Waals surface area contributed by atoms with E-state index in [2.05, 4.69) is 45.9 Å². The second-order valence-corrected chi connectivity index (χ2v) is 6.77. The van der Waals surface area contributed by atoms with Crippen molar-refractivity contribution in [3.63, 3.8) is 0 Å². The van der Waals surface area contributed by atoms with E-state index in [9.17, 15) is 10.2 Å². The minimum Gasteiger partial charge on any atom is -0.504 e. The first-order valence-corrected chi connectivity index (χ1v) is 8.74. The van der Waals surface area contributed by atoms with Crippen LogP contribution in [0.1, 0.15) is 5.56 Å². The molecule has 0 bridgehead atoms. The number of fused-ring (bicyclic) bond motifs is 1. The fourth-order valence-corrected chi connectivity index (χ4v) is 3.55. The number of hydrogen-bond donors (Lipinski definition) is 3. The second kappa shape index (κ2) is 6.49. The van der Waals surface area contributed by atoms with Gasteiger partial charge in [-0.3, -0.25) is 10.00 Å².